The largest absolute Gasteiger partial charge is 0.495 e. The summed E-state index contributed by atoms with van der Waals surface area (Å²) in [6.07, 6.45) is 0.744. The Morgan fingerprint density at radius 3 is 2.67 bits per heavy atom. The molecule has 0 bridgehead atoms. The van der Waals surface area contributed by atoms with Crippen molar-refractivity contribution in [2.45, 2.75) is 6.42 Å². The van der Waals surface area contributed by atoms with Crippen molar-refractivity contribution < 1.29 is 9.53 Å². The fraction of sp³-hybridized carbons (Fsp3) is 0.182. The molecule has 15 heavy (non-hydrogen) atoms. The number of carbonyl (C=O) groups is 1. The molecule has 0 heterocycles. The van der Waals surface area contributed by atoms with Crippen LogP contribution in [0, 0.1) is 22.7 Å². The molecule has 0 atom stereocenters. The van der Waals surface area contributed by atoms with Crippen molar-refractivity contribution >= 4 is 6.29 Å². The van der Waals surface area contributed by atoms with E-state index in [0.717, 1.165) is 0 Å². The maximum absolute atomic E-state index is 10.7. The summed E-state index contributed by atoms with van der Waals surface area (Å²) >= 11 is 0. The van der Waals surface area contributed by atoms with Gasteiger partial charge in [0.2, 0.25) is 0 Å². The lowest BCUT2D eigenvalue weighted by Gasteiger charge is -2.08. The van der Waals surface area contributed by atoms with Crippen LogP contribution >= 0.6 is 0 Å². The molecular weight excluding hydrogens is 192 g/mol. The summed E-state index contributed by atoms with van der Waals surface area (Å²) in [6.45, 7) is 0. The summed E-state index contributed by atoms with van der Waals surface area (Å²) < 4.78 is 4.98. The summed E-state index contributed by atoms with van der Waals surface area (Å²) in [5, 5.41) is 17.5. The molecule has 0 amide bonds. The number of ether oxygens (including phenoxy) is 1. The molecule has 1 rings (SSSR count). The van der Waals surface area contributed by atoms with Crippen molar-refractivity contribution in [2.24, 2.45) is 0 Å². The van der Waals surface area contributed by atoms with Gasteiger partial charge in [-0.3, -0.25) is 4.79 Å². The molecule has 1 aromatic rings. The standard InChI is InChI=1S/C11H8N2O2/c1-15-11-9(7-14)3-2-8(4-5-12)10(11)6-13/h2-3,7H,4H2,1H3. The van der Waals surface area contributed by atoms with Crippen molar-refractivity contribution in [1.82, 2.24) is 0 Å². The maximum atomic E-state index is 10.7. The van der Waals surface area contributed by atoms with Gasteiger partial charge in [-0.1, -0.05) is 6.07 Å². The lowest BCUT2D eigenvalue weighted by molar-refractivity contribution is 0.112. The monoisotopic (exact) mass is 200 g/mol. The second-order valence-corrected chi connectivity index (χ2v) is 2.79. The molecule has 74 valence electrons. The van der Waals surface area contributed by atoms with Crippen molar-refractivity contribution in [1.29, 1.82) is 10.5 Å². The Morgan fingerprint density at radius 2 is 2.20 bits per heavy atom. The molecule has 1 aromatic carbocycles. The Labute approximate surface area is 87.3 Å². The number of benzene rings is 1. The predicted molar refractivity (Wildman–Crippen MR) is 52.4 cm³/mol. The molecule has 0 aliphatic carbocycles. The second-order valence-electron chi connectivity index (χ2n) is 2.79. The predicted octanol–water partition coefficient (Wildman–Crippen LogP) is 1.45. The van der Waals surface area contributed by atoms with E-state index < -0.39 is 0 Å². The number of aldehydes is 1. The van der Waals surface area contributed by atoms with Crippen LogP contribution in [0.1, 0.15) is 21.5 Å². The van der Waals surface area contributed by atoms with Crippen LogP contribution in [0.4, 0.5) is 0 Å². The van der Waals surface area contributed by atoms with Gasteiger partial charge in [-0.2, -0.15) is 10.5 Å². The highest BCUT2D eigenvalue weighted by atomic mass is 16.5. The Hall–Kier alpha value is -2.33. The van der Waals surface area contributed by atoms with Gasteiger partial charge in [0.25, 0.3) is 0 Å². The zero-order chi connectivity index (χ0) is 11.3. The molecule has 0 saturated heterocycles. The van der Waals surface area contributed by atoms with E-state index in [4.69, 9.17) is 15.3 Å². The van der Waals surface area contributed by atoms with Gasteiger partial charge in [-0.25, -0.2) is 0 Å². The molecule has 0 saturated carbocycles. The van der Waals surface area contributed by atoms with E-state index in [-0.39, 0.29) is 17.7 Å². The number of rotatable bonds is 3. The average Bonchev–Trinajstić information content (AvgIpc) is 2.28. The fourth-order valence-electron chi connectivity index (χ4n) is 1.31. The summed E-state index contributed by atoms with van der Waals surface area (Å²) in [6, 6.07) is 7.02. The van der Waals surface area contributed by atoms with Crippen molar-refractivity contribution in [3.8, 4) is 17.9 Å². The van der Waals surface area contributed by atoms with Crippen LogP contribution in [0.15, 0.2) is 12.1 Å². The fourth-order valence-corrected chi connectivity index (χ4v) is 1.31. The molecule has 0 N–H and O–H groups in total. The van der Waals surface area contributed by atoms with Crippen LogP contribution < -0.4 is 4.74 Å². The number of nitrogens with zero attached hydrogens (tertiary/aromatic N) is 2. The van der Waals surface area contributed by atoms with Crippen molar-refractivity contribution in [3.05, 3.63) is 28.8 Å². The number of hydrogen-bond acceptors (Lipinski definition) is 4. The zero-order valence-corrected chi connectivity index (χ0v) is 8.15. The van der Waals surface area contributed by atoms with E-state index in [1.165, 1.54) is 7.11 Å². The van der Waals surface area contributed by atoms with Gasteiger partial charge in [0.1, 0.15) is 11.8 Å². The van der Waals surface area contributed by atoms with Crippen molar-refractivity contribution in [2.75, 3.05) is 7.11 Å². The highest BCUT2D eigenvalue weighted by Gasteiger charge is 2.12. The number of hydrogen-bond donors (Lipinski definition) is 0. The topological polar surface area (TPSA) is 73.9 Å². The second kappa shape index (κ2) is 4.78. The van der Waals surface area contributed by atoms with Gasteiger partial charge in [0, 0.05) is 0 Å². The van der Waals surface area contributed by atoms with E-state index in [1.54, 1.807) is 12.1 Å². The first-order valence-electron chi connectivity index (χ1n) is 4.20. The molecule has 0 radical (unpaired) electrons. The van der Waals surface area contributed by atoms with Crippen LogP contribution in [-0.2, 0) is 6.42 Å². The minimum Gasteiger partial charge on any atom is -0.495 e. The zero-order valence-electron chi connectivity index (χ0n) is 8.15. The van der Waals surface area contributed by atoms with Crippen molar-refractivity contribution in [3.63, 3.8) is 0 Å². The van der Waals surface area contributed by atoms with Gasteiger partial charge in [-0.15, -0.1) is 0 Å². The van der Waals surface area contributed by atoms with E-state index >= 15 is 0 Å². The molecule has 0 spiro atoms. The van der Waals surface area contributed by atoms with Gasteiger partial charge in [0.15, 0.2) is 6.29 Å². The third-order valence-electron chi connectivity index (χ3n) is 1.99. The normalized spacial score (nSPS) is 8.73. The van der Waals surface area contributed by atoms with Crippen LogP contribution in [-0.4, -0.2) is 13.4 Å². The summed E-state index contributed by atoms with van der Waals surface area (Å²) in [5.74, 6) is 0.236. The number of carbonyl (C=O) groups excluding carboxylic acids is 1. The lowest BCUT2D eigenvalue weighted by atomic mass is 10.0. The minimum atomic E-state index is 0.123. The Kier molecular flexibility index (Phi) is 3.43. The Morgan fingerprint density at radius 1 is 1.47 bits per heavy atom. The first-order chi connectivity index (χ1) is 7.28. The molecule has 4 nitrogen and oxygen atoms in total. The summed E-state index contributed by atoms with van der Waals surface area (Å²) in [4.78, 5) is 10.7. The number of methoxy groups -OCH3 is 1. The summed E-state index contributed by atoms with van der Waals surface area (Å²) in [7, 11) is 1.39. The third kappa shape index (κ3) is 1.95. The maximum Gasteiger partial charge on any atom is 0.153 e. The van der Waals surface area contributed by atoms with E-state index in [2.05, 4.69) is 0 Å². The highest BCUT2D eigenvalue weighted by molar-refractivity contribution is 5.81. The SMILES string of the molecule is COc1c(C=O)ccc(CC#N)c1C#N. The van der Waals surface area contributed by atoms with Gasteiger partial charge < -0.3 is 4.74 Å². The van der Waals surface area contributed by atoms with E-state index in [0.29, 0.717) is 17.4 Å². The third-order valence-corrected chi connectivity index (χ3v) is 1.99. The van der Waals surface area contributed by atoms with E-state index in [9.17, 15) is 4.79 Å². The van der Waals surface area contributed by atoms with Crippen LogP contribution in [0.3, 0.4) is 0 Å². The van der Waals surface area contributed by atoms with Crippen LogP contribution in [0.2, 0.25) is 0 Å². The first-order valence-corrected chi connectivity index (χ1v) is 4.20. The smallest absolute Gasteiger partial charge is 0.153 e. The average molecular weight is 200 g/mol. The molecular formula is C11H8N2O2. The summed E-state index contributed by atoms with van der Waals surface area (Å²) in [5.41, 5.74) is 1.14. The van der Waals surface area contributed by atoms with Gasteiger partial charge in [-0.05, 0) is 11.6 Å². The van der Waals surface area contributed by atoms with Gasteiger partial charge >= 0.3 is 0 Å². The molecule has 0 aliphatic heterocycles. The molecule has 0 unspecified atom stereocenters. The lowest BCUT2D eigenvalue weighted by Crippen LogP contribution is -1.98. The quantitative estimate of drug-likeness (QED) is 0.692. The molecule has 0 aliphatic rings. The Bertz CT molecular complexity index is 467. The molecule has 4 heteroatoms. The Balaban J connectivity index is 3.43. The minimum absolute atomic E-state index is 0.123. The molecule has 0 fully saturated rings. The van der Waals surface area contributed by atoms with Crippen LogP contribution in [0.5, 0.6) is 5.75 Å². The highest BCUT2D eigenvalue weighted by Crippen LogP contribution is 2.25. The van der Waals surface area contributed by atoms with Gasteiger partial charge in [0.05, 0.1) is 30.7 Å². The number of nitriles is 2. The van der Waals surface area contributed by atoms with Crippen LogP contribution in [0.25, 0.3) is 0 Å². The molecule has 0 aromatic heterocycles. The first kappa shape index (κ1) is 10.7. The van der Waals surface area contributed by atoms with E-state index in [1.807, 2.05) is 12.1 Å².